The minimum Gasteiger partial charge on any atom is -0.481 e. The van der Waals surface area contributed by atoms with Crippen molar-refractivity contribution in [1.82, 2.24) is 20.6 Å². The molecule has 0 aliphatic heterocycles. The first-order valence-electron chi connectivity index (χ1n) is 15.5. The highest BCUT2D eigenvalue weighted by Gasteiger charge is 2.17. The molecule has 4 rings (SSSR count). The molecule has 50 heavy (non-hydrogen) atoms. The molecule has 0 radical (unpaired) electrons. The number of nitrogens with one attached hydrogen (secondary N) is 2. The minimum absolute atomic E-state index is 0.0368. The summed E-state index contributed by atoms with van der Waals surface area (Å²) in [5, 5.41) is 6.58. The van der Waals surface area contributed by atoms with E-state index in [2.05, 4.69) is 42.2 Å². The average Bonchev–Trinajstić information content (AvgIpc) is 3.11. The minimum atomic E-state index is -0.384. The van der Waals surface area contributed by atoms with Gasteiger partial charge >= 0.3 is 11.9 Å². The molecule has 2 N–H and O–H groups in total. The fourth-order valence-corrected chi connectivity index (χ4v) is 5.55. The Morgan fingerprint density at radius 1 is 0.620 bits per heavy atom. The third kappa shape index (κ3) is 9.75. The first-order chi connectivity index (χ1) is 24.1. The van der Waals surface area contributed by atoms with Crippen LogP contribution in [0.4, 0.5) is 0 Å². The maximum absolute atomic E-state index is 11.4. The van der Waals surface area contributed by atoms with Gasteiger partial charge in [0.1, 0.15) is 23.3 Å². The normalized spacial score (nSPS) is 10.8. The lowest BCUT2D eigenvalue weighted by molar-refractivity contribution is -0.140. The van der Waals surface area contributed by atoms with Gasteiger partial charge in [-0.25, -0.2) is 0 Å². The van der Waals surface area contributed by atoms with Crippen LogP contribution in [0.25, 0.3) is 11.1 Å². The van der Waals surface area contributed by atoms with Crippen LogP contribution in [0.3, 0.4) is 0 Å². The number of hydrogen-bond donors (Lipinski definition) is 2. The molecule has 4 aromatic rings. The Labute approximate surface area is 301 Å². The second kappa shape index (κ2) is 18.4. The molecule has 12 nitrogen and oxygen atoms in total. The van der Waals surface area contributed by atoms with E-state index in [1.807, 2.05) is 38.1 Å². The lowest BCUT2D eigenvalue weighted by atomic mass is 9.92. The van der Waals surface area contributed by atoms with Gasteiger partial charge in [0.15, 0.2) is 0 Å². The van der Waals surface area contributed by atoms with Crippen molar-refractivity contribution in [2.45, 2.75) is 40.2 Å². The Bertz CT molecular complexity index is 1690. The van der Waals surface area contributed by atoms with E-state index in [1.54, 1.807) is 12.1 Å². The maximum atomic E-state index is 11.4. The predicted molar refractivity (Wildman–Crippen MR) is 189 cm³/mol. The third-order valence-electron chi connectivity index (χ3n) is 7.89. The summed E-state index contributed by atoms with van der Waals surface area (Å²) in [4.78, 5) is 31.8. The number of rotatable bonds is 17. The fraction of sp³-hybridized carbons (Fsp3) is 0.333. The summed E-state index contributed by atoms with van der Waals surface area (Å²) in [7, 11) is 5.67. The van der Waals surface area contributed by atoms with Gasteiger partial charge in [0, 0.05) is 24.2 Å². The molecule has 266 valence electrons. The molecule has 2 heterocycles. The highest BCUT2D eigenvalue weighted by atomic mass is 35.5. The van der Waals surface area contributed by atoms with Gasteiger partial charge in [-0.2, -0.15) is 9.97 Å². The molecule has 0 saturated heterocycles. The number of halogens is 2. The van der Waals surface area contributed by atoms with Crippen molar-refractivity contribution in [1.29, 1.82) is 0 Å². The molecule has 0 unspecified atom stereocenters. The summed E-state index contributed by atoms with van der Waals surface area (Å²) < 4.78 is 32.4. The van der Waals surface area contributed by atoms with Crippen molar-refractivity contribution in [3.05, 3.63) is 92.0 Å². The molecule has 0 aliphatic carbocycles. The van der Waals surface area contributed by atoms with Crippen LogP contribution >= 0.6 is 23.2 Å². The standard InChI is InChI=1S/C36H40Cl2N4O8/c1-21-23(19-49-35-29(37)13-25(33(41-35)47-5)15-39-17-31(43)45-3)9-7-11-27(21)28-12-8-10-24(22(28)2)20-50-36-30(38)14-26(34(42-36)48-6)16-40-18-32(44)46-4/h7-14,39-40H,15-20H2,1-6H3. The second-order valence-corrected chi connectivity index (χ2v) is 11.8. The van der Waals surface area contributed by atoms with E-state index in [0.29, 0.717) is 46.0 Å². The van der Waals surface area contributed by atoms with Crippen LogP contribution in [-0.4, -0.2) is 63.4 Å². The van der Waals surface area contributed by atoms with Gasteiger partial charge in [-0.05, 0) is 59.4 Å². The number of esters is 2. The van der Waals surface area contributed by atoms with E-state index in [1.165, 1.54) is 28.4 Å². The van der Waals surface area contributed by atoms with Gasteiger partial charge in [0.2, 0.25) is 23.5 Å². The Kier molecular flexibility index (Phi) is 14.0. The van der Waals surface area contributed by atoms with E-state index in [4.69, 9.17) is 42.1 Å². The third-order valence-corrected chi connectivity index (χ3v) is 8.43. The van der Waals surface area contributed by atoms with Crippen LogP contribution in [0.1, 0.15) is 33.4 Å². The summed E-state index contributed by atoms with van der Waals surface area (Å²) in [6, 6.07) is 15.5. The fourth-order valence-electron chi connectivity index (χ4n) is 5.10. The van der Waals surface area contributed by atoms with Crippen molar-refractivity contribution in [3.63, 3.8) is 0 Å². The van der Waals surface area contributed by atoms with Gasteiger partial charge in [0.25, 0.3) is 0 Å². The lowest BCUT2D eigenvalue weighted by Gasteiger charge is -2.17. The monoisotopic (exact) mass is 726 g/mol. The van der Waals surface area contributed by atoms with Gasteiger partial charge in [0.05, 0.1) is 41.5 Å². The highest BCUT2D eigenvalue weighted by Crippen LogP contribution is 2.34. The van der Waals surface area contributed by atoms with Crippen molar-refractivity contribution in [3.8, 4) is 34.6 Å². The Balaban J connectivity index is 1.47. The van der Waals surface area contributed by atoms with Crippen LogP contribution in [0.2, 0.25) is 10.0 Å². The molecule has 0 spiro atoms. The number of carbonyl (C=O) groups is 2. The van der Waals surface area contributed by atoms with Crippen LogP contribution in [0.5, 0.6) is 23.5 Å². The first kappa shape index (κ1) is 38.2. The molecular formula is C36H40Cl2N4O8. The molecule has 14 heteroatoms. The smallest absolute Gasteiger partial charge is 0.319 e. The number of hydrogen-bond acceptors (Lipinski definition) is 12. The number of nitrogens with zero attached hydrogens (tertiary/aromatic N) is 2. The van der Waals surface area contributed by atoms with E-state index in [9.17, 15) is 9.59 Å². The van der Waals surface area contributed by atoms with E-state index >= 15 is 0 Å². The zero-order valence-corrected chi connectivity index (χ0v) is 30.3. The molecule has 0 fully saturated rings. The zero-order valence-electron chi connectivity index (χ0n) is 28.8. The molecule has 0 amide bonds. The van der Waals surface area contributed by atoms with Crippen molar-refractivity contribution in [2.24, 2.45) is 0 Å². The molecule has 0 saturated carbocycles. The molecule has 2 aromatic heterocycles. The summed E-state index contributed by atoms with van der Waals surface area (Å²) in [6.07, 6.45) is 0. The largest absolute Gasteiger partial charge is 0.481 e. The quantitative estimate of drug-likeness (QED) is 0.128. The van der Waals surface area contributed by atoms with E-state index in [-0.39, 0.29) is 50.0 Å². The number of benzene rings is 2. The average molecular weight is 728 g/mol. The van der Waals surface area contributed by atoms with E-state index < -0.39 is 0 Å². The molecular weight excluding hydrogens is 687 g/mol. The molecule has 0 atom stereocenters. The predicted octanol–water partition coefficient (Wildman–Crippen LogP) is 5.77. The first-order valence-corrected chi connectivity index (χ1v) is 16.3. The van der Waals surface area contributed by atoms with Gasteiger partial charge < -0.3 is 39.1 Å². The van der Waals surface area contributed by atoms with Crippen LogP contribution in [-0.2, 0) is 45.4 Å². The highest BCUT2D eigenvalue weighted by molar-refractivity contribution is 6.32. The SMILES string of the molecule is COC(=O)CNCc1cc(Cl)c(OCc2cccc(-c3cccc(COc4nc(OC)c(CNCC(=O)OC)cc4Cl)c3C)c2C)nc1OC. The molecule has 0 bridgehead atoms. The summed E-state index contributed by atoms with van der Waals surface area (Å²) in [5.41, 5.74) is 7.39. The second-order valence-electron chi connectivity index (χ2n) is 11.0. The summed E-state index contributed by atoms with van der Waals surface area (Å²) in [6.45, 7) is 5.20. The molecule has 0 aliphatic rings. The Morgan fingerprint density at radius 3 is 1.38 bits per heavy atom. The number of aromatic nitrogens is 2. The topological polar surface area (TPSA) is 139 Å². The number of methoxy groups -OCH3 is 4. The van der Waals surface area contributed by atoms with Gasteiger partial charge in [-0.3, -0.25) is 9.59 Å². The van der Waals surface area contributed by atoms with Crippen molar-refractivity contribution >= 4 is 35.1 Å². The zero-order chi connectivity index (χ0) is 36.2. The van der Waals surface area contributed by atoms with Gasteiger partial charge in [-0.1, -0.05) is 59.6 Å². The number of pyridine rings is 2. The van der Waals surface area contributed by atoms with Crippen LogP contribution in [0.15, 0.2) is 48.5 Å². The van der Waals surface area contributed by atoms with E-state index in [0.717, 1.165) is 33.4 Å². The lowest BCUT2D eigenvalue weighted by Crippen LogP contribution is -2.23. The Hall–Kier alpha value is -4.62. The van der Waals surface area contributed by atoms with Crippen molar-refractivity contribution in [2.75, 3.05) is 41.5 Å². The summed E-state index contributed by atoms with van der Waals surface area (Å²) in [5.74, 6) is 0.361. The Morgan fingerprint density at radius 2 is 1.02 bits per heavy atom. The summed E-state index contributed by atoms with van der Waals surface area (Å²) >= 11 is 13.1. The maximum Gasteiger partial charge on any atom is 0.319 e. The number of ether oxygens (including phenoxy) is 6. The van der Waals surface area contributed by atoms with Gasteiger partial charge in [-0.15, -0.1) is 0 Å². The molecule has 2 aromatic carbocycles. The number of carbonyl (C=O) groups excluding carboxylic acids is 2. The van der Waals surface area contributed by atoms with Crippen LogP contribution < -0.4 is 29.6 Å². The van der Waals surface area contributed by atoms with Crippen molar-refractivity contribution < 1.29 is 38.0 Å². The van der Waals surface area contributed by atoms with Crippen LogP contribution in [0, 0.1) is 13.8 Å².